The normalized spacial score (nSPS) is 9.89. The smallest absolute Gasteiger partial charge is 0.101 e. The highest BCUT2D eigenvalue weighted by molar-refractivity contribution is 5.63. The van der Waals surface area contributed by atoms with E-state index in [1.54, 1.807) is 18.2 Å². The molecular formula is C15H15N3O. The number of benzene rings is 2. The minimum Gasteiger partial charge on any atom is -0.399 e. The lowest BCUT2D eigenvalue weighted by Gasteiger charge is -2.09. The Hall–Kier alpha value is -2.51. The van der Waals surface area contributed by atoms with E-state index in [2.05, 4.69) is 11.4 Å². The van der Waals surface area contributed by atoms with Crippen LogP contribution in [0.15, 0.2) is 42.5 Å². The summed E-state index contributed by atoms with van der Waals surface area (Å²) in [6.07, 6.45) is 0. The number of hydrogen-bond donors (Lipinski definition) is 3. The SMILES string of the molecule is N#Cc1cc(N)ccc1NCc1cccc(CO)c1. The molecular weight excluding hydrogens is 238 g/mol. The Morgan fingerprint density at radius 2 is 1.95 bits per heavy atom. The Kier molecular flexibility index (Phi) is 4.01. The van der Waals surface area contributed by atoms with Crippen molar-refractivity contribution in [3.8, 4) is 6.07 Å². The van der Waals surface area contributed by atoms with Gasteiger partial charge in [-0.15, -0.1) is 0 Å². The van der Waals surface area contributed by atoms with Gasteiger partial charge in [-0.2, -0.15) is 5.26 Å². The van der Waals surface area contributed by atoms with Crippen molar-refractivity contribution in [1.29, 1.82) is 5.26 Å². The van der Waals surface area contributed by atoms with E-state index < -0.39 is 0 Å². The molecule has 2 aromatic carbocycles. The van der Waals surface area contributed by atoms with Crippen LogP contribution in [0.5, 0.6) is 0 Å². The molecule has 0 bridgehead atoms. The monoisotopic (exact) mass is 253 g/mol. The zero-order chi connectivity index (χ0) is 13.7. The van der Waals surface area contributed by atoms with Crippen molar-refractivity contribution in [2.45, 2.75) is 13.2 Å². The Morgan fingerprint density at radius 3 is 2.68 bits per heavy atom. The third kappa shape index (κ3) is 3.24. The second-order valence-corrected chi connectivity index (χ2v) is 4.25. The molecule has 4 nitrogen and oxygen atoms in total. The molecule has 0 aliphatic carbocycles. The molecule has 0 aliphatic rings. The number of anilines is 2. The Morgan fingerprint density at radius 1 is 1.16 bits per heavy atom. The van der Waals surface area contributed by atoms with Crippen LogP contribution in [0.25, 0.3) is 0 Å². The second kappa shape index (κ2) is 5.89. The zero-order valence-corrected chi connectivity index (χ0v) is 10.4. The highest BCUT2D eigenvalue weighted by atomic mass is 16.3. The fourth-order valence-electron chi connectivity index (χ4n) is 1.84. The fraction of sp³-hybridized carbons (Fsp3) is 0.133. The molecule has 0 saturated carbocycles. The standard InChI is InChI=1S/C15H15N3O/c16-8-13-7-14(17)4-5-15(13)18-9-11-2-1-3-12(6-11)10-19/h1-7,18-19H,9-10,17H2. The third-order valence-electron chi connectivity index (χ3n) is 2.82. The quantitative estimate of drug-likeness (QED) is 0.730. The molecule has 0 spiro atoms. The number of aliphatic hydroxyl groups excluding tert-OH is 1. The molecule has 0 aliphatic heterocycles. The molecule has 2 rings (SSSR count). The van der Waals surface area contributed by atoms with Gasteiger partial charge in [0.2, 0.25) is 0 Å². The van der Waals surface area contributed by atoms with Crippen molar-refractivity contribution in [3.05, 3.63) is 59.2 Å². The number of hydrogen-bond acceptors (Lipinski definition) is 4. The number of rotatable bonds is 4. The molecule has 0 atom stereocenters. The Labute approximate surface area is 112 Å². The summed E-state index contributed by atoms with van der Waals surface area (Å²) in [5, 5.41) is 21.3. The fourth-order valence-corrected chi connectivity index (χ4v) is 1.84. The summed E-state index contributed by atoms with van der Waals surface area (Å²) in [5.41, 5.74) is 9.42. The first kappa shape index (κ1) is 12.9. The maximum absolute atomic E-state index is 9.08. The maximum Gasteiger partial charge on any atom is 0.101 e. The third-order valence-corrected chi connectivity index (χ3v) is 2.82. The lowest BCUT2D eigenvalue weighted by molar-refractivity contribution is 0.281. The predicted molar refractivity (Wildman–Crippen MR) is 75.3 cm³/mol. The largest absolute Gasteiger partial charge is 0.399 e. The molecule has 2 aromatic rings. The molecule has 96 valence electrons. The Bertz CT molecular complexity index is 617. The molecule has 0 aromatic heterocycles. The summed E-state index contributed by atoms with van der Waals surface area (Å²) in [6.45, 7) is 0.617. The lowest BCUT2D eigenvalue weighted by atomic mass is 10.1. The van der Waals surface area contributed by atoms with Crippen LogP contribution in [0.3, 0.4) is 0 Å². The van der Waals surface area contributed by atoms with Crippen LogP contribution in [-0.2, 0) is 13.2 Å². The molecule has 4 N–H and O–H groups in total. The van der Waals surface area contributed by atoms with E-state index in [1.165, 1.54) is 0 Å². The minimum atomic E-state index is 0.0269. The van der Waals surface area contributed by atoms with E-state index >= 15 is 0 Å². The average Bonchev–Trinajstić information content (AvgIpc) is 2.46. The minimum absolute atomic E-state index is 0.0269. The molecule has 0 radical (unpaired) electrons. The van der Waals surface area contributed by atoms with Crippen LogP contribution in [-0.4, -0.2) is 5.11 Å². The van der Waals surface area contributed by atoms with Gasteiger partial charge in [-0.25, -0.2) is 0 Å². The van der Waals surface area contributed by atoms with Crippen LogP contribution in [0.1, 0.15) is 16.7 Å². The average molecular weight is 253 g/mol. The van der Waals surface area contributed by atoms with Gasteiger partial charge in [0.05, 0.1) is 17.9 Å². The van der Waals surface area contributed by atoms with Gasteiger partial charge in [-0.05, 0) is 29.3 Å². The molecule has 19 heavy (non-hydrogen) atoms. The summed E-state index contributed by atoms with van der Waals surface area (Å²) < 4.78 is 0. The molecule has 0 amide bonds. The first-order valence-corrected chi connectivity index (χ1v) is 5.95. The van der Waals surface area contributed by atoms with Crippen LogP contribution in [0.2, 0.25) is 0 Å². The van der Waals surface area contributed by atoms with Crippen molar-refractivity contribution in [1.82, 2.24) is 0 Å². The summed E-state index contributed by atoms with van der Waals surface area (Å²) in [6, 6.07) is 15.0. The molecule has 0 fully saturated rings. The van der Waals surface area contributed by atoms with Crippen molar-refractivity contribution in [3.63, 3.8) is 0 Å². The molecule has 0 heterocycles. The molecule has 0 unspecified atom stereocenters. The maximum atomic E-state index is 9.08. The van der Waals surface area contributed by atoms with E-state index in [1.807, 2.05) is 24.3 Å². The van der Waals surface area contributed by atoms with Crippen LogP contribution >= 0.6 is 0 Å². The van der Waals surface area contributed by atoms with Gasteiger partial charge < -0.3 is 16.2 Å². The summed E-state index contributed by atoms with van der Waals surface area (Å²) in [4.78, 5) is 0. The number of nitrogens with two attached hydrogens (primary N) is 1. The lowest BCUT2D eigenvalue weighted by Crippen LogP contribution is -2.02. The van der Waals surface area contributed by atoms with E-state index in [0.29, 0.717) is 17.8 Å². The van der Waals surface area contributed by atoms with Gasteiger partial charge >= 0.3 is 0 Å². The van der Waals surface area contributed by atoms with E-state index in [9.17, 15) is 0 Å². The molecule has 0 saturated heterocycles. The number of nitrogen functional groups attached to an aromatic ring is 1. The number of aliphatic hydroxyl groups is 1. The number of nitriles is 1. The van der Waals surface area contributed by atoms with Gasteiger partial charge in [-0.1, -0.05) is 24.3 Å². The van der Waals surface area contributed by atoms with Crippen LogP contribution < -0.4 is 11.1 Å². The first-order chi connectivity index (χ1) is 9.22. The van der Waals surface area contributed by atoms with E-state index in [4.69, 9.17) is 16.1 Å². The topological polar surface area (TPSA) is 82.1 Å². The van der Waals surface area contributed by atoms with Gasteiger partial charge in [0.1, 0.15) is 6.07 Å². The van der Waals surface area contributed by atoms with Gasteiger partial charge in [0.15, 0.2) is 0 Å². The predicted octanol–water partition coefficient (Wildman–Crippen LogP) is 2.24. The van der Waals surface area contributed by atoms with Gasteiger partial charge in [-0.3, -0.25) is 0 Å². The number of nitrogens with zero attached hydrogens (tertiary/aromatic N) is 1. The highest BCUT2D eigenvalue weighted by Gasteiger charge is 2.02. The van der Waals surface area contributed by atoms with Crippen LogP contribution in [0.4, 0.5) is 11.4 Å². The summed E-state index contributed by atoms with van der Waals surface area (Å²) in [5.74, 6) is 0. The highest BCUT2D eigenvalue weighted by Crippen LogP contribution is 2.19. The van der Waals surface area contributed by atoms with Crippen molar-refractivity contribution in [2.75, 3.05) is 11.1 Å². The summed E-state index contributed by atoms with van der Waals surface area (Å²) >= 11 is 0. The summed E-state index contributed by atoms with van der Waals surface area (Å²) in [7, 11) is 0. The van der Waals surface area contributed by atoms with Gasteiger partial charge in [0.25, 0.3) is 0 Å². The van der Waals surface area contributed by atoms with Crippen LogP contribution in [0, 0.1) is 11.3 Å². The van der Waals surface area contributed by atoms with Crippen molar-refractivity contribution in [2.24, 2.45) is 0 Å². The van der Waals surface area contributed by atoms with Gasteiger partial charge in [0, 0.05) is 12.2 Å². The zero-order valence-electron chi connectivity index (χ0n) is 10.4. The van der Waals surface area contributed by atoms with E-state index in [-0.39, 0.29) is 6.61 Å². The Balaban J connectivity index is 2.12. The number of nitrogens with one attached hydrogen (secondary N) is 1. The van der Waals surface area contributed by atoms with E-state index in [0.717, 1.165) is 16.8 Å². The molecule has 4 heteroatoms. The van der Waals surface area contributed by atoms with Crippen molar-refractivity contribution < 1.29 is 5.11 Å². The second-order valence-electron chi connectivity index (χ2n) is 4.25. The van der Waals surface area contributed by atoms with Crippen molar-refractivity contribution >= 4 is 11.4 Å². The first-order valence-electron chi connectivity index (χ1n) is 5.95.